The molecule has 0 aliphatic rings. The normalized spacial score (nSPS) is 13.5. The predicted molar refractivity (Wildman–Crippen MR) is 62.6 cm³/mol. The van der Waals surface area contributed by atoms with Crippen LogP contribution in [0.3, 0.4) is 0 Å². The first-order valence-electron chi connectivity index (χ1n) is 5.50. The average molecular weight is 210 g/mol. The highest BCUT2D eigenvalue weighted by Gasteiger charge is 2.08. The Balaban J connectivity index is 2.62. The van der Waals surface area contributed by atoms with E-state index in [0.29, 0.717) is 0 Å². The highest BCUT2D eigenvalue weighted by atomic mass is 15.3. The van der Waals surface area contributed by atoms with E-state index in [9.17, 15) is 0 Å². The molecule has 1 rings (SSSR count). The van der Waals surface area contributed by atoms with Gasteiger partial charge in [-0.25, -0.2) is 0 Å². The zero-order valence-corrected chi connectivity index (χ0v) is 10.2. The van der Waals surface area contributed by atoms with Crippen LogP contribution in [-0.2, 0) is 13.1 Å². The van der Waals surface area contributed by atoms with Crippen LogP contribution in [0.15, 0.2) is 6.07 Å². The van der Waals surface area contributed by atoms with Gasteiger partial charge in [-0.3, -0.25) is 9.58 Å². The fourth-order valence-electron chi connectivity index (χ4n) is 1.83. The van der Waals surface area contributed by atoms with Gasteiger partial charge in [-0.1, -0.05) is 0 Å². The summed E-state index contributed by atoms with van der Waals surface area (Å²) in [6.07, 6.45) is 0. The van der Waals surface area contributed by atoms with E-state index < -0.39 is 0 Å². The molecular weight excluding hydrogens is 188 g/mol. The summed E-state index contributed by atoms with van der Waals surface area (Å²) >= 11 is 0. The molecule has 0 aliphatic carbocycles. The van der Waals surface area contributed by atoms with Crippen LogP contribution >= 0.6 is 0 Å². The molecule has 0 aliphatic heterocycles. The highest BCUT2D eigenvalue weighted by Crippen LogP contribution is 2.06. The van der Waals surface area contributed by atoms with Gasteiger partial charge in [0.2, 0.25) is 0 Å². The molecule has 86 valence electrons. The van der Waals surface area contributed by atoms with E-state index in [1.165, 1.54) is 5.69 Å². The van der Waals surface area contributed by atoms with Crippen molar-refractivity contribution in [1.29, 1.82) is 0 Å². The lowest BCUT2D eigenvalue weighted by Crippen LogP contribution is -2.33. The molecule has 0 fully saturated rings. The number of aromatic nitrogens is 2. The second kappa shape index (κ2) is 5.28. The third kappa shape index (κ3) is 3.64. The van der Waals surface area contributed by atoms with Gasteiger partial charge < -0.3 is 5.73 Å². The average Bonchev–Trinajstić information content (AvgIpc) is 2.44. The lowest BCUT2D eigenvalue weighted by Gasteiger charge is -2.19. The lowest BCUT2D eigenvalue weighted by molar-refractivity contribution is 0.300. The van der Waals surface area contributed by atoms with Crippen molar-refractivity contribution in [3.63, 3.8) is 0 Å². The van der Waals surface area contributed by atoms with Crippen LogP contribution in [0.2, 0.25) is 0 Å². The van der Waals surface area contributed by atoms with Gasteiger partial charge in [0.25, 0.3) is 0 Å². The third-order valence-electron chi connectivity index (χ3n) is 2.32. The molecule has 1 aromatic heterocycles. The van der Waals surface area contributed by atoms with Crippen molar-refractivity contribution in [3.05, 3.63) is 17.5 Å². The van der Waals surface area contributed by atoms with Gasteiger partial charge in [-0.05, 0) is 33.9 Å². The topological polar surface area (TPSA) is 47.1 Å². The molecule has 0 amide bonds. The van der Waals surface area contributed by atoms with Crippen LogP contribution < -0.4 is 5.73 Å². The van der Waals surface area contributed by atoms with Gasteiger partial charge in [-0.2, -0.15) is 5.10 Å². The van der Waals surface area contributed by atoms with Gasteiger partial charge in [0.05, 0.1) is 11.4 Å². The van der Waals surface area contributed by atoms with E-state index in [1.807, 2.05) is 18.5 Å². The quantitative estimate of drug-likeness (QED) is 0.788. The number of rotatable bonds is 5. The molecular formula is C11H22N4. The summed E-state index contributed by atoms with van der Waals surface area (Å²) < 4.78 is 2.05. The van der Waals surface area contributed by atoms with Gasteiger partial charge >= 0.3 is 0 Å². The van der Waals surface area contributed by atoms with Crippen molar-refractivity contribution in [2.24, 2.45) is 5.73 Å². The smallest absolute Gasteiger partial charge is 0.0597 e. The molecule has 0 spiro atoms. The van der Waals surface area contributed by atoms with Crippen LogP contribution in [-0.4, -0.2) is 34.3 Å². The second-order valence-corrected chi connectivity index (χ2v) is 4.27. The zero-order chi connectivity index (χ0) is 11.4. The summed E-state index contributed by atoms with van der Waals surface area (Å²) in [5.74, 6) is 0. The predicted octanol–water partition coefficient (Wildman–Crippen LogP) is 0.990. The van der Waals surface area contributed by atoms with E-state index in [1.54, 1.807) is 0 Å². The van der Waals surface area contributed by atoms with Gasteiger partial charge in [0, 0.05) is 25.7 Å². The summed E-state index contributed by atoms with van der Waals surface area (Å²) in [6, 6.07) is 2.36. The van der Waals surface area contributed by atoms with Crippen LogP contribution in [0.1, 0.15) is 25.2 Å². The second-order valence-electron chi connectivity index (χ2n) is 4.27. The molecule has 0 saturated carbocycles. The minimum absolute atomic E-state index is 0.217. The maximum absolute atomic E-state index is 5.76. The van der Waals surface area contributed by atoms with E-state index in [4.69, 9.17) is 5.73 Å². The summed E-state index contributed by atoms with van der Waals surface area (Å²) in [4.78, 5) is 2.23. The molecule has 15 heavy (non-hydrogen) atoms. The first-order chi connectivity index (χ1) is 7.02. The van der Waals surface area contributed by atoms with Crippen molar-refractivity contribution in [3.8, 4) is 0 Å². The van der Waals surface area contributed by atoms with Crippen molar-refractivity contribution in [2.75, 3.05) is 13.6 Å². The number of nitrogens with two attached hydrogens (primary N) is 1. The minimum atomic E-state index is 0.217. The Kier molecular flexibility index (Phi) is 4.29. The van der Waals surface area contributed by atoms with Gasteiger partial charge in [0.1, 0.15) is 0 Å². The Labute approximate surface area is 92.1 Å². The van der Waals surface area contributed by atoms with E-state index in [0.717, 1.165) is 25.3 Å². The molecule has 4 nitrogen and oxygen atoms in total. The molecule has 1 aromatic rings. The number of nitrogens with zero attached hydrogens (tertiary/aromatic N) is 3. The standard InChI is InChI=1S/C11H22N4/c1-5-15-11(6-10(3)13-15)8-14(4)7-9(2)12/h6,9H,5,7-8,12H2,1-4H3. The van der Waals surface area contributed by atoms with Gasteiger partial charge in [0.15, 0.2) is 0 Å². The van der Waals surface area contributed by atoms with Crippen LogP contribution in [0.5, 0.6) is 0 Å². The maximum atomic E-state index is 5.76. The van der Waals surface area contributed by atoms with Crippen LogP contribution in [0, 0.1) is 6.92 Å². The molecule has 1 heterocycles. The summed E-state index contributed by atoms with van der Waals surface area (Å²) in [5, 5.41) is 4.42. The van der Waals surface area contributed by atoms with Crippen molar-refractivity contribution >= 4 is 0 Å². The van der Waals surface area contributed by atoms with Crippen LogP contribution in [0.4, 0.5) is 0 Å². The van der Waals surface area contributed by atoms with Crippen LogP contribution in [0.25, 0.3) is 0 Å². The van der Waals surface area contributed by atoms with E-state index in [2.05, 4.69) is 30.0 Å². The number of hydrogen-bond donors (Lipinski definition) is 1. The van der Waals surface area contributed by atoms with E-state index in [-0.39, 0.29) is 6.04 Å². The number of aryl methyl sites for hydroxylation is 2. The zero-order valence-electron chi connectivity index (χ0n) is 10.2. The van der Waals surface area contributed by atoms with Crippen molar-refractivity contribution in [2.45, 2.75) is 39.9 Å². The first kappa shape index (κ1) is 12.2. The third-order valence-corrected chi connectivity index (χ3v) is 2.32. The van der Waals surface area contributed by atoms with Gasteiger partial charge in [-0.15, -0.1) is 0 Å². The fourth-order valence-corrected chi connectivity index (χ4v) is 1.83. The SMILES string of the molecule is CCn1nc(C)cc1CN(C)CC(C)N. The Morgan fingerprint density at radius 3 is 2.80 bits per heavy atom. The number of hydrogen-bond acceptors (Lipinski definition) is 3. The lowest BCUT2D eigenvalue weighted by atomic mass is 10.3. The molecule has 0 radical (unpaired) electrons. The number of likely N-dealkylation sites (N-methyl/N-ethyl adjacent to an activating group) is 1. The Morgan fingerprint density at radius 2 is 2.27 bits per heavy atom. The fraction of sp³-hybridized carbons (Fsp3) is 0.727. The summed E-state index contributed by atoms with van der Waals surface area (Å²) in [6.45, 7) is 8.92. The summed E-state index contributed by atoms with van der Waals surface area (Å²) in [7, 11) is 2.09. The largest absolute Gasteiger partial charge is 0.327 e. The monoisotopic (exact) mass is 210 g/mol. The molecule has 0 saturated heterocycles. The van der Waals surface area contributed by atoms with Crippen molar-refractivity contribution in [1.82, 2.24) is 14.7 Å². The Bertz CT molecular complexity index is 304. The Morgan fingerprint density at radius 1 is 1.60 bits per heavy atom. The molecule has 1 atom stereocenters. The molecule has 0 aromatic carbocycles. The Hall–Kier alpha value is -0.870. The van der Waals surface area contributed by atoms with Crippen molar-refractivity contribution < 1.29 is 0 Å². The molecule has 1 unspecified atom stereocenters. The van der Waals surface area contributed by atoms with E-state index >= 15 is 0 Å². The maximum Gasteiger partial charge on any atom is 0.0597 e. The minimum Gasteiger partial charge on any atom is -0.327 e. The highest BCUT2D eigenvalue weighted by molar-refractivity contribution is 5.08. The first-order valence-corrected chi connectivity index (χ1v) is 5.50. The molecule has 0 bridgehead atoms. The molecule has 4 heteroatoms. The summed E-state index contributed by atoms with van der Waals surface area (Å²) in [5.41, 5.74) is 8.11. The molecule has 2 N–H and O–H groups in total.